The lowest BCUT2D eigenvalue weighted by atomic mass is 9.70. The van der Waals surface area contributed by atoms with E-state index in [0.29, 0.717) is 0 Å². The van der Waals surface area contributed by atoms with Crippen LogP contribution in [0, 0.1) is 5.41 Å². The fourth-order valence-corrected chi connectivity index (χ4v) is 3.32. The summed E-state index contributed by atoms with van der Waals surface area (Å²) in [7, 11) is 0. The van der Waals surface area contributed by atoms with E-state index in [-0.39, 0.29) is 50.0 Å². The van der Waals surface area contributed by atoms with Crippen molar-refractivity contribution in [3.63, 3.8) is 0 Å². The number of nitrogens with zero attached hydrogens (tertiary/aromatic N) is 1. The standard InChI is InChI=1S/C17H18F3N3O4/c18-17(19,20)11-3-1-10(2-4-11)15(27)22-7-14(26)23-8-16(9-23)5-13(25)21-6-12(16)24/h1-4,12,24H,5-9H2,(H,21,25)(H,22,27). The average molecular weight is 385 g/mol. The molecule has 2 fully saturated rings. The number of hydrogen-bond acceptors (Lipinski definition) is 4. The van der Waals surface area contributed by atoms with Crippen LogP contribution in [0.1, 0.15) is 22.3 Å². The molecule has 3 N–H and O–H groups in total. The van der Waals surface area contributed by atoms with Gasteiger partial charge in [-0.25, -0.2) is 0 Å². The largest absolute Gasteiger partial charge is 0.416 e. The quantitative estimate of drug-likeness (QED) is 0.690. The summed E-state index contributed by atoms with van der Waals surface area (Å²) < 4.78 is 37.6. The molecule has 7 nitrogen and oxygen atoms in total. The molecule has 1 aromatic carbocycles. The molecule has 0 aliphatic carbocycles. The van der Waals surface area contributed by atoms with Gasteiger partial charge in [-0.15, -0.1) is 0 Å². The number of β-amino-alcohol motifs (C(OH)–C–C–N with tert-alkyl or cyclic N) is 1. The Hall–Kier alpha value is -2.62. The van der Waals surface area contributed by atoms with Crippen molar-refractivity contribution in [2.45, 2.75) is 18.7 Å². The number of halogens is 3. The van der Waals surface area contributed by atoms with Crippen LogP contribution >= 0.6 is 0 Å². The molecule has 3 amide bonds. The fourth-order valence-electron chi connectivity index (χ4n) is 3.32. The van der Waals surface area contributed by atoms with E-state index in [1.165, 1.54) is 4.90 Å². The van der Waals surface area contributed by atoms with Gasteiger partial charge in [-0.05, 0) is 24.3 Å². The number of rotatable bonds is 3. The second-order valence-corrected chi connectivity index (χ2v) is 6.87. The van der Waals surface area contributed by atoms with Gasteiger partial charge in [0.05, 0.1) is 18.2 Å². The number of aliphatic hydroxyl groups excluding tert-OH is 1. The summed E-state index contributed by atoms with van der Waals surface area (Å²) in [5.41, 5.74) is -1.50. The zero-order valence-electron chi connectivity index (χ0n) is 14.2. The normalized spacial score (nSPS) is 21.4. The van der Waals surface area contributed by atoms with Gasteiger partial charge in [-0.2, -0.15) is 13.2 Å². The number of hydrogen-bond donors (Lipinski definition) is 3. The van der Waals surface area contributed by atoms with Gasteiger partial charge in [0.1, 0.15) is 0 Å². The third-order valence-electron chi connectivity index (χ3n) is 4.95. The summed E-state index contributed by atoms with van der Waals surface area (Å²) in [4.78, 5) is 37.0. The number of piperidine rings is 1. The Morgan fingerprint density at radius 2 is 1.89 bits per heavy atom. The molecule has 27 heavy (non-hydrogen) atoms. The lowest BCUT2D eigenvalue weighted by Crippen LogP contribution is -2.69. The summed E-state index contributed by atoms with van der Waals surface area (Å²) in [5, 5.41) is 15.0. The smallest absolute Gasteiger partial charge is 0.391 e. The molecule has 3 rings (SSSR count). The van der Waals surface area contributed by atoms with Crippen molar-refractivity contribution < 1.29 is 32.7 Å². The van der Waals surface area contributed by atoms with Gasteiger partial charge in [0.2, 0.25) is 11.8 Å². The van der Waals surface area contributed by atoms with Crippen molar-refractivity contribution >= 4 is 17.7 Å². The molecule has 2 heterocycles. The first-order valence-electron chi connectivity index (χ1n) is 8.29. The van der Waals surface area contributed by atoms with Gasteiger partial charge < -0.3 is 20.6 Å². The topological polar surface area (TPSA) is 98.7 Å². The third-order valence-corrected chi connectivity index (χ3v) is 4.95. The summed E-state index contributed by atoms with van der Waals surface area (Å²) in [6, 6.07) is 3.67. The summed E-state index contributed by atoms with van der Waals surface area (Å²) in [5.74, 6) is -1.23. The Kier molecular flexibility index (Phi) is 4.85. The molecule has 10 heteroatoms. The van der Waals surface area contributed by atoms with Crippen LogP contribution in [-0.4, -0.2) is 60.0 Å². The van der Waals surface area contributed by atoms with E-state index in [9.17, 15) is 32.7 Å². The molecular formula is C17H18F3N3O4. The van der Waals surface area contributed by atoms with Crippen molar-refractivity contribution in [3.8, 4) is 0 Å². The van der Waals surface area contributed by atoms with Crippen LogP contribution in [0.15, 0.2) is 24.3 Å². The van der Waals surface area contributed by atoms with Crippen LogP contribution in [0.25, 0.3) is 0 Å². The molecule has 2 aliphatic heterocycles. The number of amides is 3. The van der Waals surface area contributed by atoms with Crippen molar-refractivity contribution in [3.05, 3.63) is 35.4 Å². The lowest BCUT2D eigenvalue weighted by Gasteiger charge is -2.54. The number of benzene rings is 1. The Bertz CT molecular complexity index is 758. The van der Waals surface area contributed by atoms with Gasteiger partial charge in [-0.1, -0.05) is 0 Å². The third kappa shape index (κ3) is 3.90. The highest BCUT2D eigenvalue weighted by Gasteiger charge is 2.53. The second-order valence-electron chi connectivity index (χ2n) is 6.87. The van der Waals surface area contributed by atoms with Gasteiger partial charge in [0.25, 0.3) is 5.91 Å². The van der Waals surface area contributed by atoms with E-state index in [2.05, 4.69) is 10.6 Å². The molecule has 1 atom stereocenters. The highest BCUT2D eigenvalue weighted by Crippen LogP contribution is 2.39. The van der Waals surface area contributed by atoms with Crippen LogP contribution in [-0.2, 0) is 15.8 Å². The fraction of sp³-hybridized carbons (Fsp3) is 0.471. The minimum absolute atomic E-state index is 0.00949. The van der Waals surface area contributed by atoms with Gasteiger partial charge in [0.15, 0.2) is 0 Å². The maximum atomic E-state index is 12.5. The average Bonchev–Trinajstić information content (AvgIpc) is 2.58. The molecule has 2 aliphatic rings. The zero-order chi connectivity index (χ0) is 19.8. The predicted molar refractivity (Wildman–Crippen MR) is 86.4 cm³/mol. The number of aliphatic hydroxyl groups is 1. The predicted octanol–water partition coefficient (Wildman–Crippen LogP) is 0.145. The second kappa shape index (κ2) is 6.84. The molecule has 2 saturated heterocycles. The molecule has 0 radical (unpaired) electrons. The Morgan fingerprint density at radius 3 is 2.48 bits per heavy atom. The van der Waals surface area contributed by atoms with Crippen LogP contribution in [0.2, 0.25) is 0 Å². The highest BCUT2D eigenvalue weighted by atomic mass is 19.4. The molecule has 0 saturated carbocycles. The monoisotopic (exact) mass is 385 g/mol. The van der Waals surface area contributed by atoms with Crippen LogP contribution < -0.4 is 10.6 Å². The maximum absolute atomic E-state index is 12.5. The van der Waals surface area contributed by atoms with E-state index in [4.69, 9.17) is 0 Å². The Morgan fingerprint density at radius 1 is 1.26 bits per heavy atom. The van der Waals surface area contributed by atoms with Crippen molar-refractivity contribution in [1.82, 2.24) is 15.5 Å². The van der Waals surface area contributed by atoms with Gasteiger partial charge in [-0.3, -0.25) is 14.4 Å². The van der Waals surface area contributed by atoms with E-state index in [1.54, 1.807) is 0 Å². The maximum Gasteiger partial charge on any atom is 0.416 e. The molecule has 1 unspecified atom stereocenters. The minimum atomic E-state index is -4.49. The number of likely N-dealkylation sites (tertiary alicyclic amines) is 1. The molecular weight excluding hydrogens is 367 g/mol. The van der Waals surface area contributed by atoms with E-state index in [1.807, 2.05) is 0 Å². The zero-order valence-corrected chi connectivity index (χ0v) is 14.2. The SMILES string of the molecule is O=C1CC2(CN(C(=O)CNC(=O)c3ccc(C(F)(F)F)cc3)C2)C(O)CN1. The minimum Gasteiger partial charge on any atom is -0.391 e. The van der Waals surface area contributed by atoms with E-state index in [0.717, 1.165) is 24.3 Å². The Balaban J connectivity index is 1.50. The lowest BCUT2D eigenvalue weighted by molar-refractivity contribution is -0.162. The summed E-state index contributed by atoms with van der Waals surface area (Å²) in [6.07, 6.45) is -5.09. The van der Waals surface area contributed by atoms with Crippen molar-refractivity contribution in [2.75, 3.05) is 26.2 Å². The van der Waals surface area contributed by atoms with Crippen molar-refractivity contribution in [1.29, 1.82) is 0 Å². The first kappa shape index (κ1) is 19.2. The molecule has 0 bridgehead atoms. The molecule has 1 spiro atoms. The van der Waals surface area contributed by atoms with E-state index < -0.39 is 29.2 Å². The highest BCUT2D eigenvalue weighted by molar-refractivity contribution is 5.96. The summed E-state index contributed by atoms with van der Waals surface area (Å²) in [6.45, 7) is 0.261. The number of nitrogens with one attached hydrogen (secondary N) is 2. The number of carbonyl (C=O) groups excluding carboxylic acids is 3. The van der Waals surface area contributed by atoms with Crippen LogP contribution in [0.4, 0.5) is 13.2 Å². The Labute approximate surface area is 152 Å². The molecule has 1 aromatic rings. The van der Waals surface area contributed by atoms with Gasteiger partial charge >= 0.3 is 6.18 Å². The van der Waals surface area contributed by atoms with Crippen LogP contribution in [0.3, 0.4) is 0 Å². The van der Waals surface area contributed by atoms with Gasteiger partial charge in [0, 0.05) is 37.0 Å². The molecule has 146 valence electrons. The number of alkyl halides is 3. The van der Waals surface area contributed by atoms with Crippen LogP contribution in [0.5, 0.6) is 0 Å². The van der Waals surface area contributed by atoms with E-state index >= 15 is 0 Å². The summed E-state index contributed by atoms with van der Waals surface area (Å²) >= 11 is 0. The first-order valence-corrected chi connectivity index (χ1v) is 8.29. The molecule has 0 aromatic heterocycles. The van der Waals surface area contributed by atoms with Crippen molar-refractivity contribution in [2.24, 2.45) is 5.41 Å². The first-order chi connectivity index (χ1) is 12.6. The number of carbonyl (C=O) groups is 3.